The molecule has 0 spiro atoms. The molecule has 0 atom stereocenters. The van der Waals surface area contributed by atoms with Crippen molar-refractivity contribution in [3.63, 3.8) is 0 Å². The van der Waals surface area contributed by atoms with E-state index in [1.54, 1.807) is 0 Å². The molecule has 0 amide bonds. The van der Waals surface area contributed by atoms with E-state index in [2.05, 4.69) is 30.6 Å². The molecule has 1 heterocycles. The van der Waals surface area contributed by atoms with E-state index >= 15 is 0 Å². The van der Waals surface area contributed by atoms with Gasteiger partial charge in [-0.2, -0.15) is 0 Å². The molecule has 1 aromatic carbocycles. The molecule has 0 radical (unpaired) electrons. The minimum Gasteiger partial charge on any atom is -0.355 e. The van der Waals surface area contributed by atoms with Crippen molar-refractivity contribution in [3.8, 4) is 0 Å². The Balaban J connectivity index is 2.50. The number of nitrogens with one attached hydrogen (secondary N) is 1. The molecule has 1 N–H and O–H groups in total. The Kier molecular flexibility index (Phi) is 2.78. The predicted molar refractivity (Wildman–Crippen MR) is 70.5 cm³/mol. The third-order valence-electron chi connectivity index (χ3n) is 2.64. The van der Waals surface area contributed by atoms with Gasteiger partial charge in [-0.1, -0.05) is 49.6 Å². The smallest absolute Gasteiger partial charge is 0.0458 e. The maximum atomic E-state index is 4.12. The molecule has 1 aliphatic heterocycles. The summed E-state index contributed by atoms with van der Waals surface area (Å²) in [6.07, 6.45) is 6.00. The van der Waals surface area contributed by atoms with Crippen molar-refractivity contribution in [1.29, 1.82) is 0 Å². The van der Waals surface area contributed by atoms with Crippen LogP contribution in [0.3, 0.4) is 0 Å². The average molecular weight is 209 g/mol. The fourth-order valence-electron chi connectivity index (χ4n) is 1.79. The normalized spacial score (nSPS) is 17.7. The van der Waals surface area contributed by atoms with Crippen LogP contribution in [0.4, 0.5) is 0 Å². The lowest BCUT2D eigenvalue weighted by Gasteiger charge is -2.24. The van der Waals surface area contributed by atoms with Crippen LogP contribution < -0.4 is 5.32 Å². The van der Waals surface area contributed by atoms with Gasteiger partial charge in [0.2, 0.25) is 0 Å². The summed E-state index contributed by atoms with van der Waals surface area (Å²) in [6.45, 7) is 10.1. The van der Waals surface area contributed by atoms with Gasteiger partial charge in [0.05, 0.1) is 0 Å². The Morgan fingerprint density at radius 3 is 2.50 bits per heavy atom. The summed E-state index contributed by atoms with van der Waals surface area (Å²) in [4.78, 5) is 0. The molecule has 1 heteroatoms. The van der Waals surface area contributed by atoms with Crippen molar-refractivity contribution in [2.75, 3.05) is 0 Å². The highest BCUT2D eigenvalue weighted by molar-refractivity contribution is 5.90. The summed E-state index contributed by atoms with van der Waals surface area (Å²) < 4.78 is 0. The molecule has 16 heavy (non-hydrogen) atoms. The molecule has 1 aromatic rings. The van der Waals surface area contributed by atoms with Gasteiger partial charge in [-0.05, 0) is 24.1 Å². The van der Waals surface area contributed by atoms with Gasteiger partial charge < -0.3 is 5.32 Å². The van der Waals surface area contributed by atoms with Crippen molar-refractivity contribution < 1.29 is 0 Å². The molecule has 80 valence electrons. The monoisotopic (exact) mass is 209 g/mol. The molecule has 0 unspecified atom stereocenters. The summed E-state index contributed by atoms with van der Waals surface area (Å²) in [5.41, 5.74) is 5.24. The maximum Gasteiger partial charge on any atom is 0.0458 e. The van der Waals surface area contributed by atoms with Crippen LogP contribution >= 0.6 is 0 Å². The van der Waals surface area contributed by atoms with Crippen molar-refractivity contribution in [1.82, 2.24) is 5.32 Å². The van der Waals surface area contributed by atoms with E-state index < -0.39 is 0 Å². The Labute approximate surface area is 96.5 Å². The Morgan fingerprint density at radius 1 is 1.12 bits per heavy atom. The number of allylic oxidation sites excluding steroid dienone is 4. The number of hydrogen-bond donors (Lipinski definition) is 1. The van der Waals surface area contributed by atoms with E-state index in [1.165, 1.54) is 0 Å². The molecule has 0 saturated carbocycles. The standard InChI is InChI=1S/C15H15N/c1-4-5-10-15-11(2)13-8-6-7-9-14(13)12(3)16-15/h4-10,16H,2-3H2,1H3/b5-4-,15-10+. The second kappa shape index (κ2) is 4.23. The van der Waals surface area contributed by atoms with E-state index in [0.29, 0.717) is 0 Å². The molecule has 0 saturated heterocycles. The Hall–Kier alpha value is -2.02. The van der Waals surface area contributed by atoms with Gasteiger partial charge in [-0.15, -0.1) is 0 Å². The summed E-state index contributed by atoms with van der Waals surface area (Å²) >= 11 is 0. The molecule has 1 nitrogen and oxygen atoms in total. The first kappa shape index (κ1) is 10.5. The highest BCUT2D eigenvalue weighted by atomic mass is 14.9. The first-order valence-corrected chi connectivity index (χ1v) is 5.32. The number of rotatable bonds is 1. The zero-order valence-electron chi connectivity index (χ0n) is 9.46. The minimum atomic E-state index is 0.929. The maximum absolute atomic E-state index is 4.12. The molecule has 0 fully saturated rings. The second-order valence-electron chi connectivity index (χ2n) is 3.73. The predicted octanol–water partition coefficient (Wildman–Crippen LogP) is 3.73. The summed E-state index contributed by atoms with van der Waals surface area (Å²) in [7, 11) is 0. The van der Waals surface area contributed by atoms with Crippen LogP contribution in [0.25, 0.3) is 11.3 Å². The van der Waals surface area contributed by atoms with Gasteiger partial charge in [0, 0.05) is 17.0 Å². The van der Waals surface area contributed by atoms with E-state index in [4.69, 9.17) is 0 Å². The number of hydrogen-bond acceptors (Lipinski definition) is 1. The van der Waals surface area contributed by atoms with Gasteiger partial charge in [-0.25, -0.2) is 0 Å². The molecule has 0 aliphatic carbocycles. The van der Waals surface area contributed by atoms with Gasteiger partial charge in [0.25, 0.3) is 0 Å². The Morgan fingerprint density at radius 2 is 1.81 bits per heavy atom. The van der Waals surface area contributed by atoms with Crippen molar-refractivity contribution in [3.05, 3.63) is 72.5 Å². The zero-order chi connectivity index (χ0) is 11.5. The van der Waals surface area contributed by atoms with E-state index in [0.717, 1.165) is 28.1 Å². The van der Waals surface area contributed by atoms with Crippen LogP contribution in [0, 0.1) is 0 Å². The first-order valence-electron chi connectivity index (χ1n) is 5.32. The fraction of sp³-hybridized carbons (Fsp3) is 0.0667. The lowest BCUT2D eigenvalue weighted by atomic mass is 9.92. The van der Waals surface area contributed by atoms with Gasteiger partial charge >= 0.3 is 0 Å². The molecular formula is C15H15N. The minimum absolute atomic E-state index is 0.929. The first-order chi connectivity index (χ1) is 7.74. The van der Waals surface area contributed by atoms with E-state index in [-0.39, 0.29) is 0 Å². The lowest BCUT2D eigenvalue weighted by molar-refractivity contribution is 1.12. The Bertz CT molecular complexity index is 504. The van der Waals surface area contributed by atoms with E-state index in [9.17, 15) is 0 Å². The SMILES string of the molecule is C=C1N/C(=C/C=C\C)C(=C)c2ccccc21. The number of fused-ring (bicyclic) bond motifs is 1. The average Bonchev–Trinajstić information content (AvgIpc) is 2.32. The quantitative estimate of drug-likeness (QED) is 0.743. The highest BCUT2D eigenvalue weighted by Gasteiger charge is 2.17. The largest absolute Gasteiger partial charge is 0.355 e. The summed E-state index contributed by atoms with van der Waals surface area (Å²) in [5, 5.41) is 3.27. The molecule has 2 rings (SSSR count). The van der Waals surface area contributed by atoms with E-state index in [1.807, 2.05) is 37.3 Å². The van der Waals surface area contributed by atoms with Gasteiger partial charge in [0.1, 0.15) is 0 Å². The second-order valence-corrected chi connectivity index (χ2v) is 3.73. The van der Waals surface area contributed by atoms with Gasteiger partial charge in [-0.3, -0.25) is 0 Å². The topological polar surface area (TPSA) is 12.0 Å². The van der Waals surface area contributed by atoms with Crippen LogP contribution in [0.2, 0.25) is 0 Å². The van der Waals surface area contributed by atoms with Crippen LogP contribution in [0.5, 0.6) is 0 Å². The lowest BCUT2D eigenvalue weighted by Crippen LogP contribution is -2.18. The molecule has 0 aromatic heterocycles. The van der Waals surface area contributed by atoms with Crippen molar-refractivity contribution in [2.45, 2.75) is 6.92 Å². The van der Waals surface area contributed by atoms with Crippen LogP contribution in [0.15, 0.2) is 61.3 Å². The highest BCUT2D eigenvalue weighted by Crippen LogP contribution is 2.32. The third-order valence-corrected chi connectivity index (χ3v) is 2.64. The van der Waals surface area contributed by atoms with Crippen molar-refractivity contribution >= 4 is 11.3 Å². The van der Waals surface area contributed by atoms with Gasteiger partial charge in [0.15, 0.2) is 0 Å². The van der Waals surface area contributed by atoms with Crippen LogP contribution in [0.1, 0.15) is 18.1 Å². The molecule has 1 aliphatic rings. The number of benzene rings is 1. The zero-order valence-corrected chi connectivity index (χ0v) is 9.46. The fourth-order valence-corrected chi connectivity index (χ4v) is 1.79. The van der Waals surface area contributed by atoms with Crippen LogP contribution in [-0.2, 0) is 0 Å². The molecular weight excluding hydrogens is 194 g/mol. The third kappa shape index (κ3) is 1.72. The van der Waals surface area contributed by atoms with Crippen LogP contribution in [-0.4, -0.2) is 0 Å². The molecule has 0 bridgehead atoms. The van der Waals surface area contributed by atoms with Crippen molar-refractivity contribution in [2.24, 2.45) is 0 Å². The summed E-state index contributed by atoms with van der Waals surface area (Å²) in [6, 6.07) is 8.17. The summed E-state index contributed by atoms with van der Waals surface area (Å²) in [5.74, 6) is 0.